The monoisotopic (exact) mass is 160 g/mol. The number of nitrogens with zero attached hydrogens (tertiary/aromatic N) is 1. The molecule has 1 fully saturated rings. The zero-order valence-electron chi connectivity index (χ0n) is 6.07. The fourth-order valence-electron chi connectivity index (χ4n) is 1.09. The SMILES string of the molecule is C=C(Cl)CN1CCCCN1. The van der Waals surface area contributed by atoms with E-state index in [0.29, 0.717) is 5.03 Å². The predicted molar refractivity (Wildman–Crippen MR) is 43.8 cm³/mol. The molecule has 10 heavy (non-hydrogen) atoms. The van der Waals surface area contributed by atoms with Gasteiger partial charge in [-0.3, -0.25) is 5.43 Å². The molecule has 0 aromatic rings. The molecular formula is C7H13ClN2. The number of rotatable bonds is 2. The lowest BCUT2D eigenvalue weighted by atomic mass is 10.3. The number of hydrazine groups is 1. The van der Waals surface area contributed by atoms with Gasteiger partial charge < -0.3 is 0 Å². The van der Waals surface area contributed by atoms with Crippen LogP contribution in [0.25, 0.3) is 0 Å². The standard InChI is InChI=1S/C7H13ClN2/c1-7(8)6-10-5-3-2-4-9-10/h9H,1-6H2. The number of hydrogen-bond donors (Lipinski definition) is 1. The lowest BCUT2D eigenvalue weighted by Crippen LogP contribution is -2.43. The zero-order valence-corrected chi connectivity index (χ0v) is 6.82. The Morgan fingerprint density at radius 1 is 1.60 bits per heavy atom. The van der Waals surface area contributed by atoms with E-state index in [1.807, 2.05) is 0 Å². The van der Waals surface area contributed by atoms with E-state index in [-0.39, 0.29) is 0 Å². The maximum absolute atomic E-state index is 5.63. The Morgan fingerprint density at radius 2 is 2.40 bits per heavy atom. The van der Waals surface area contributed by atoms with Crippen molar-refractivity contribution >= 4 is 11.6 Å². The molecule has 0 aliphatic carbocycles. The van der Waals surface area contributed by atoms with Crippen LogP contribution in [-0.4, -0.2) is 24.6 Å². The maximum Gasteiger partial charge on any atom is 0.0483 e. The summed E-state index contributed by atoms with van der Waals surface area (Å²) in [6, 6.07) is 0. The van der Waals surface area contributed by atoms with Crippen LogP contribution in [0.2, 0.25) is 0 Å². The van der Waals surface area contributed by atoms with Crippen LogP contribution in [0.3, 0.4) is 0 Å². The van der Waals surface area contributed by atoms with Crippen LogP contribution in [0.15, 0.2) is 11.6 Å². The summed E-state index contributed by atoms with van der Waals surface area (Å²) in [5, 5.41) is 2.81. The Hall–Kier alpha value is -0.0500. The second kappa shape index (κ2) is 3.96. The molecule has 1 aliphatic rings. The van der Waals surface area contributed by atoms with E-state index in [2.05, 4.69) is 17.0 Å². The summed E-state index contributed by atoms with van der Waals surface area (Å²) in [6.45, 7) is 6.56. The summed E-state index contributed by atoms with van der Waals surface area (Å²) < 4.78 is 0. The van der Waals surface area contributed by atoms with Crippen molar-refractivity contribution < 1.29 is 0 Å². The molecule has 58 valence electrons. The third-order valence-corrected chi connectivity index (χ3v) is 1.67. The van der Waals surface area contributed by atoms with Gasteiger partial charge in [0.05, 0.1) is 0 Å². The first-order chi connectivity index (χ1) is 4.79. The van der Waals surface area contributed by atoms with Gasteiger partial charge >= 0.3 is 0 Å². The van der Waals surface area contributed by atoms with Crippen LogP contribution in [0.5, 0.6) is 0 Å². The largest absolute Gasteiger partial charge is 0.255 e. The Morgan fingerprint density at radius 3 is 2.90 bits per heavy atom. The number of hydrogen-bond acceptors (Lipinski definition) is 2. The fraction of sp³-hybridized carbons (Fsp3) is 0.714. The van der Waals surface area contributed by atoms with E-state index in [9.17, 15) is 0 Å². The van der Waals surface area contributed by atoms with Crippen molar-refractivity contribution in [3.63, 3.8) is 0 Å². The number of nitrogens with one attached hydrogen (secondary N) is 1. The van der Waals surface area contributed by atoms with Crippen molar-refractivity contribution in [1.29, 1.82) is 0 Å². The quantitative estimate of drug-likeness (QED) is 0.656. The highest BCUT2D eigenvalue weighted by atomic mass is 35.5. The zero-order chi connectivity index (χ0) is 7.40. The topological polar surface area (TPSA) is 15.3 Å². The molecule has 1 heterocycles. The maximum atomic E-state index is 5.63. The van der Waals surface area contributed by atoms with E-state index in [0.717, 1.165) is 19.6 Å². The van der Waals surface area contributed by atoms with E-state index < -0.39 is 0 Å². The molecule has 0 saturated carbocycles. The lowest BCUT2D eigenvalue weighted by molar-refractivity contribution is 0.170. The normalized spacial score (nSPS) is 20.9. The molecule has 0 spiro atoms. The van der Waals surface area contributed by atoms with Gasteiger partial charge in [-0.25, -0.2) is 5.01 Å². The Labute approximate surface area is 66.8 Å². The van der Waals surface area contributed by atoms with Crippen LogP contribution >= 0.6 is 11.6 Å². The molecule has 1 rings (SSSR count). The van der Waals surface area contributed by atoms with E-state index in [1.165, 1.54) is 12.8 Å². The summed E-state index contributed by atoms with van der Waals surface area (Å²) in [7, 11) is 0. The smallest absolute Gasteiger partial charge is 0.0483 e. The molecule has 0 amide bonds. The average molecular weight is 161 g/mol. The molecule has 3 heteroatoms. The van der Waals surface area contributed by atoms with E-state index in [4.69, 9.17) is 11.6 Å². The average Bonchev–Trinajstić information content (AvgIpc) is 1.88. The first-order valence-corrected chi connectivity index (χ1v) is 3.98. The molecule has 0 unspecified atom stereocenters. The van der Waals surface area contributed by atoms with Gasteiger partial charge in [0, 0.05) is 24.7 Å². The molecule has 0 radical (unpaired) electrons. The lowest BCUT2D eigenvalue weighted by Gasteiger charge is -2.26. The minimum Gasteiger partial charge on any atom is -0.255 e. The van der Waals surface area contributed by atoms with Crippen molar-refractivity contribution in [2.24, 2.45) is 0 Å². The molecule has 1 saturated heterocycles. The van der Waals surface area contributed by atoms with Crippen LogP contribution < -0.4 is 5.43 Å². The van der Waals surface area contributed by atoms with E-state index >= 15 is 0 Å². The van der Waals surface area contributed by atoms with Crippen molar-refractivity contribution in [1.82, 2.24) is 10.4 Å². The highest BCUT2D eigenvalue weighted by molar-refractivity contribution is 6.29. The summed E-state index contributed by atoms with van der Waals surface area (Å²) in [6.07, 6.45) is 2.53. The Bertz CT molecular complexity index is 119. The van der Waals surface area contributed by atoms with Gasteiger partial charge in [-0.1, -0.05) is 18.2 Å². The van der Waals surface area contributed by atoms with Crippen LogP contribution in [0, 0.1) is 0 Å². The Kier molecular flexibility index (Phi) is 3.19. The molecule has 1 aliphatic heterocycles. The minimum atomic E-state index is 0.703. The molecule has 0 atom stereocenters. The van der Waals surface area contributed by atoms with Crippen molar-refractivity contribution in [2.45, 2.75) is 12.8 Å². The molecule has 0 aromatic heterocycles. The summed E-state index contributed by atoms with van der Waals surface area (Å²) in [4.78, 5) is 0. The fourth-order valence-corrected chi connectivity index (χ4v) is 1.23. The van der Waals surface area contributed by atoms with Gasteiger partial charge in [-0.15, -0.1) is 0 Å². The third kappa shape index (κ3) is 2.69. The van der Waals surface area contributed by atoms with Gasteiger partial charge in [-0.05, 0) is 12.8 Å². The third-order valence-electron chi connectivity index (χ3n) is 1.55. The highest BCUT2D eigenvalue weighted by Crippen LogP contribution is 2.04. The Balaban J connectivity index is 2.19. The number of halogens is 1. The summed E-state index contributed by atoms with van der Waals surface area (Å²) >= 11 is 5.63. The van der Waals surface area contributed by atoms with Crippen molar-refractivity contribution in [2.75, 3.05) is 19.6 Å². The molecule has 1 N–H and O–H groups in total. The summed E-state index contributed by atoms with van der Waals surface area (Å²) in [5.41, 5.74) is 3.24. The second-order valence-corrected chi connectivity index (χ2v) is 3.09. The predicted octanol–water partition coefficient (Wildman–Crippen LogP) is 1.34. The van der Waals surface area contributed by atoms with Gasteiger partial charge in [0.1, 0.15) is 0 Å². The first-order valence-electron chi connectivity index (χ1n) is 3.61. The van der Waals surface area contributed by atoms with Gasteiger partial charge in [0.25, 0.3) is 0 Å². The van der Waals surface area contributed by atoms with Crippen LogP contribution in [0.4, 0.5) is 0 Å². The molecule has 2 nitrogen and oxygen atoms in total. The highest BCUT2D eigenvalue weighted by Gasteiger charge is 2.08. The van der Waals surface area contributed by atoms with Crippen LogP contribution in [0.1, 0.15) is 12.8 Å². The summed E-state index contributed by atoms with van der Waals surface area (Å²) in [5.74, 6) is 0. The minimum absolute atomic E-state index is 0.703. The molecule has 0 aromatic carbocycles. The van der Waals surface area contributed by atoms with Gasteiger partial charge in [-0.2, -0.15) is 0 Å². The molecular weight excluding hydrogens is 148 g/mol. The van der Waals surface area contributed by atoms with E-state index in [1.54, 1.807) is 0 Å². The van der Waals surface area contributed by atoms with Crippen molar-refractivity contribution in [3.8, 4) is 0 Å². The van der Waals surface area contributed by atoms with Gasteiger partial charge in [0.2, 0.25) is 0 Å². The second-order valence-electron chi connectivity index (χ2n) is 2.55. The van der Waals surface area contributed by atoms with Crippen LogP contribution in [-0.2, 0) is 0 Å². The van der Waals surface area contributed by atoms with Gasteiger partial charge in [0.15, 0.2) is 0 Å². The van der Waals surface area contributed by atoms with Crippen molar-refractivity contribution in [3.05, 3.63) is 11.6 Å². The molecule has 0 bridgehead atoms. The first kappa shape index (κ1) is 8.05.